The Morgan fingerprint density at radius 3 is 2.38 bits per heavy atom. The number of rotatable bonds is 6. The summed E-state index contributed by atoms with van der Waals surface area (Å²) in [5, 5.41) is 14.3. The van der Waals surface area contributed by atoms with Crippen molar-refractivity contribution in [2.45, 2.75) is 13.0 Å². The normalized spacial score (nSPS) is 11.5. The minimum atomic E-state index is -0.984. The van der Waals surface area contributed by atoms with E-state index in [0.29, 0.717) is 5.02 Å². The average Bonchev–Trinajstić information content (AvgIpc) is 2.60. The van der Waals surface area contributed by atoms with Gasteiger partial charge >= 0.3 is 5.97 Å². The van der Waals surface area contributed by atoms with Gasteiger partial charge in [0.15, 0.2) is 6.61 Å². The van der Waals surface area contributed by atoms with Crippen LogP contribution < -0.4 is 5.32 Å². The summed E-state index contributed by atoms with van der Waals surface area (Å²) < 4.78 is 4.86. The summed E-state index contributed by atoms with van der Waals surface area (Å²) in [6, 6.07) is 10.1. The van der Waals surface area contributed by atoms with Crippen molar-refractivity contribution in [3.05, 3.63) is 73.8 Å². The average molecular weight is 397 g/mol. The van der Waals surface area contributed by atoms with Crippen molar-refractivity contribution in [3.8, 4) is 0 Å². The first-order chi connectivity index (χ1) is 12.3. The van der Waals surface area contributed by atoms with Crippen LogP contribution in [0.15, 0.2) is 42.5 Å². The Labute approximate surface area is 159 Å². The number of nitrogens with one attached hydrogen (secondary N) is 1. The molecule has 0 radical (unpaired) electrons. The van der Waals surface area contributed by atoms with E-state index in [1.54, 1.807) is 31.2 Å². The number of hydrogen-bond acceptors (Lipinski definition) is 5. The largest absolute Gasteiger partial charge is 0.452 e. The lowest BCUT2D eigenvalue weighted by Crippen LogP contribution is -2.31. The smallest absolute Gasteiger partial charge is 0.345 e. The highest BCUT2D eigenvalue weighted by atomic mass is 35.5. The van der Waals surface area contributed by atoms with E-state index in [9.17, 15) is 19.7 Å². The van der Waals surface area contributed by atoms with Crippen molar-refractivity contribution in [1.82, 2.24) is 5.32 Å². The molecule has 2 rings (SSSR count). The molecule has 0 aliphatic rings. The summed E-state index contributed by atoms with van der Waals surface area (Å²) in [6.07, 6.45) is 0. The number of benzene rings is 2. The number of carbonyl (C=O) groups is 2. The van der Waals surface area contributed by atoms with Gasteiger partial charge in [0.25, 0.3) is 11.6 Å². The van der Waals surface area contributed by atoms with Crippen molar-refractivity contribution in [3.63, 3.8) is 0 Å². The maximum absolute atomic E-state index is 12.0. The van der Waals surface area contributed by atoms with Crippen LogP contribution in [0.25, 0.3) is 0 Å². The number of nitro groups is 1. The molecule has 9 heteroatoms. The Hall–Kier alpha value is -2.64. The van der Waals surface area contributed by atoms with Crippen LogP contribution in [0.2, 0.25) is 10.0 Å². The number of amides is 1. The van der Waals surface area contributed by atoms with Crippen molar-refractivity contribution >= 4 is 40.8 Å². The lowest BCUT2D eigenvalue weighted by molar-refractivity contribution is -0.385. The van der Waals surface area contributed by atoms with Crippen LogP contribution in [0.4, 0.5) is 5.69 Å². The fourth-order valence-electron chi connectivity index (χ4n) is 2.16. The molecule has 0 bridgehead atoms. The zero-order chi connectivity index (χ0) is 19.3. The van der Waals surface area contributed by atoms with E-state index < -0.39 is 29.1 Å². The van der Waals surface area contributed by atoms with Crippen LogP contribution in [0.3, 0.4) is 0 Å². The van der Waals surface area contributed by atoms with Crippen molar-refractivity contribution in [1.29, 1.82) is 0 Å². The van der Waals surface area contributed by atoms with Crippen LogP contribution >= 0.6 is 23.2 Å². The monoisotopic (exact) mass is 396 g/mol. The first-order valence-electron chi connectivity index (χ1n) is 7.44. The molecule has 0 saturated carbocycles. The van der Waals surface area contributed by atoms with Gasteiger partial charge < -0.3 is 10.1 Å². The Bertz CT molecular complexity index is 840. The minimum Gasteiger partial charge on any atom is -0.452 e. The Morgan fingerprint density at radius 2 is 1.77 bits per heavy atom. The first kappa shape index (κ1) is 19.7. The fourth-order valence-corrected chi connectivity index (χ4v) is 2.45. The molecule has 0 aliphatic carbocycles. The van der Waals surface area contributed by atoms with E-state index in [4.69, 9.17) is 27.9 Å². The second-order valence-electron chi connectivity index (χ2n) is 5.34. The lowest BCUT2D eigenvalue weighted by atomic mass is 10.1. The number of ether oxygens (including phenoxy) is 1. The van der Waals surface area contributed by atoms with Crippen LogP contribution in [-0.2, 0) is 9.53 Å². The highest BCUT2D eigenvalue weighted by molar-refractivity contribution is 6.31. The molecule has 0 fully saturated rings. The molecular formula is C17H14Cl2N2O5. The molecule has 0 spiro atoms. The molecule has 2 aromatic rings. The van der Waals surface area contributed by atoms with E-state index in [1.807, 2.05) is 0 Å². The summed E-state index contributed by atoms with van der Waals surface area (Å²) in [5.41, 5.74) is 0.0535. The van der Waals surface area contributed by atoms with Gasteiger partial charge in [-0.3, -0.25) is 14.9 Å². The summed E-state index contributed by atoms with van der Waals surface area (Å²) in [7, 11) is 0. The van der Waals surface area contributed by atoms with Crippen LogP contribution in [0, 0.1) is 10.1 Å². The highest BCUT2D eigenvalue weighted by Gasteiger charge is 2.22. The van der Waals surface area contributed by atoms with Gasteiger partial charge in [-0.15, -0.1) is 0 Å². The number of esters is 1. The fraction of sp³-hybridized carbons (Fsp3) is 0.176. The van der Waals surface area contributed by atoms with Gasteiger partial charge in [-0.1, -0.05) is 35.3 Å². The van der Waals surface area contributed by atoms with E-state index in [-0.39, 0.29) is 16.6 Å². The molecule has 1 amide bonds. The third-order valence-corrected chi connectivity index (χ3v) is 3.95. The number of halogens is 2. The zero-order valence-electron chi connectivity index (χ0n) is 13.6. The van der Waals surface area contributed by atoms with Crippen molar-refractivity contribution < 1.29 is 19.2 Å². The van der Waals surface area contributed by atoms with E-state index in [0.717, 1.165) is 11.6 Å². The van der Waals surface area contributed by atoms with E-state index in [1.165, 1.54) is 12.1 Å². The van der Waals surface area contributed by atoms with Gasteiger partial charge in [0.2, 0.25) is 0 Å². The zero-order valence-corrected chi connectivity index (χ0v) is 15.1. The Kier molecular flexibility index (Phi) is 6.54. The molecular weight excluding hydrogens is 383 g/mol. The standard InChI is InChI=1S/C17H14Cl2N2O5/c1-10(11-2-4-12(18)5-3-11)20-16(22)9-26-17(23)14-7-6-13(19)8-15(14)21(24)25/h2-8,10H,9H2,1H3,(H,20,22)/t10-/m1/s1. The predicted octanol–water partition coefficient (Wildman–Crippen LogP) is 3.94. The minimum absolute atomic E-state index is 0.114. The molecule has 2 aromatic carbocycles. The second-order valence-corrected chi connectivity index (χ2v) is 6.21. The van der Waals surface area contributed by atoms with Gasteiger partial charge in [-0.25, -0.2) is 4.79 Å². The van der Waals surface area contributed by atoms with Gasteiger partial charge in [0.1, 0.15) is 5.56 Å². The molecule has 26 heavy (non-hydrogen) atoms. The Morgan fingerprint density at radius 1 is 1.15 bits per heavy atom. The topological polar surface area (TPSA) is 98.5 Å². The lowest BCUT2D eigenvalue weighted by Gasteiger charge is -2.14. The molecule has 1 atom stereocenters. The molecule has 0 unspecified atom stereocenters. The van der Waals surface area contributed by atoms with Gasteiger partial charge in [0.05, 0.1) is 11.0 Å². The van der Waals surface area contributed by atoms with Crippen molar-refractivity contribution in [2.24, 2.45) is 0 Å². The molecule has 0 aliphatic heterocycles. The molecule has 0 saturated heterocycles. The number of nitro benzene ring substituents is 1. The number of hydrogen-bond donors (Lipinski definition) is 1. The quantitative estimate of drug-likeness (QED) is 0.452. The summed E-state index contributed by atoms with van der Waals surface area (Å²) in [4.78, 5) is 34.2. The van der Waals surface area contributed by atoms with Crippen LogP contribution in [0.1, 0.15) is 28.9 Å². The van der Waals surface area contributed by atoms with Gasteiger partial charge in [-0.05, 0) is 36.8 Å². The second kappa shape index (κ2) is 8.64. The maximum atomic E-state index is 12.0. The highest BCUT2D eigenvalue weighted by Crippen LogP contribution is 2.24. The molecule has 0 aromatic heterocycles. The van der Waals surface area contributed by atoms with Gasteiger partial charge in [-0.2, -0.15) is 0 Å². The predicted molar refractivity (Wildman–Crippen MR) is 96.4 cm³/mol. The Balaban J connectivity index is 1.96. The van der Waals surface area contributed by atoms with Gasteiger partial charge in [0, 0.05) is 16.1 Å². The number of nitrogens with zero attached hydrogens (tertiary/aromatic N) is 1. The molecule has 1 N–H and O–H groups in total. The molecule has 136 valence electrons. The van der Waals surface area contributed by atoms with E-state index in [2.05, 4.69) is 5.32 Å². The summed E-state index contributed by atoms with van der Waals surface area (Å²) >= 11 is 11.5. The van der Waals surface area contributed by atoms with E-state index >= 15 is 0 Å². The summed E-state index contributed by atoms with van der Waals surface area (Å²) in [6.45, 7) is 1.18. The van der Waals surface area contributed by atoms with Crippen LogP contribution in [0.5, 0.6) is 0 Å². The third kappa shape index (κ3) is 5.18. The number of carbonyl (C=O) groups excluding carboxylic acids is 2. The maximum Gasteiger partial charge on any atom is 0.345 e. The first-order valence-corrected chi connectivity index (χ1v) is 8.19. The SMILES string of the molecule is C[C@@H](NC(=O)COC(=O)c1ccc(Cl)cc1[N+](=O)[O-])c1ccc(Cl)cc1. The van der Waals surface area contributed by atoms with Crippen LogP contribution in [-0.4, -0.2) is 23.4 Å². The molecule has 0 heterocycles. The van der Waals surface area contributed by atoms with Crippen molar-refractivity contribution in [2.75, 3.05) is 6.61 Å². The third-order valence-electron chi connectivity index (χ3n) is 3.46. The molecule has 7 nitrogen and oxygen atoms in total. The summed E-state index contributed by atoms with van der Waals surface area (Å²) in [5.74, 6) is -1.53.